The molecule has 0 spiro atoms. The van der Waals surface area contributed by atoms with E-state index in [1.165, 1.54) is 12.8 Å². The molecule has 1 aliphatic heterocycles. The number of nitrogens with zero attached hydrogens (tertiary/aromatic N) is 3. The van der Waals surface area contributed by atoms with Gasteiger partial charge in [-0.2, -0.15) is 5.10 Å². The smallest absolute Gasteiger partial charge is 0.150 e. The van der Waals surface area contributed by atoms with Crippen molar-refractivity contribution in [2.24, 2.45) is 18.9 Å². The molecule has 2 heterocycles. The minimum Gasteiger partial charge on any atom is -0.394 e. The molecule has 0 radical (unpaired) electrons. The largest absolute Gasteiger partial charge is 0.394 e. The van der Waals surface area contributed by atoms with Gasteiger partial charge in [0, 0.05) is 20.1 Å². The van der Waals surface area contributed by atoms with Crippen molar-refractivity contribution in [2.75, 3.05) is 23.7 Å². The third-order valence-electron chi connectivity index (χ3n) is 4.25. The normalized spacial score (nSPS) is 17.7. The van der Waals surface area contributed by atoms with E-state index < -0.39 is 0 Å². The second kappa shape index (κ2) is 5.21. The van der Waals surface area contributed by atoms with Crippen LogP contribution in [0.15, 0.2) is 0 Å². The maximum absolute atomic E-state index is 6.21. The van der Waals surface area contributed by atoms with Gasteiger partial charge in [0.2, 0.25) is 0 Å². The molecule has 1 aromatic heterocycles. The maximum Gasteiger partial charge on any atom is 0.150 e. The highest BCUT2D eigenvalue weighted by molar-refractivity contribution is 5.66. The van der Waals surface area contributed by atoms with Crippen molar-refractivity contribution in [1.82, 2.24) is 9.78 Å². The number of nitrogens with two attached hydrogens (primary N) is 1. The zero-order valence-corrected chi connectivity index (χ0v) is 12.1. The Morgan fingerprint density at radius 2 is 1.94 bits per heavy atom. The van der Waals surface area contributed by atoms with Gasteiger partial charge in [-0.1, -0.05) is 20.8 Å². The molecule has 1 aliphatic rings. The summed E-state index contributed by atoms with van der Waals surface area (Å²) in [5.41, 5.74) is 8.12. The minimum absolute atomic E-state index is 0.794. The number of hydrogen-bond acceptors (Lipinski definition) is 3. The molecule has 102 valence electrons. The highest BCUT2D eigenvalue weighted by atomic mass is 15.4. The van der Waals surface area contributed by atoms with Crippen molar-refractivity contribution >= 4 is 11.5 Å². The molecule has 0 aromatic carbocycles. The van der Waals surface area contributed by atoms with Crippen LogP contribution < -0.4 is 10.6 Å². The molecule has 0 aliphatic carbocycles. The van der Waals surface area contributed by atoms with E-state index in [-0.39, 0.29) is 0 Å². The van der Waals surface area contributed by atoms with Crippen molar-refractivity contribution in [3.63, 3.8) is 0 Å². The van der Waals surface area contributed by atoms with Gasteiger partial charge in [-0.15, -0.1) is 0 Å². The van der Waals surface area contributed by atoms with Gasteiger partial charge in [0.25, 0.3) is 0 Å². The fourth-order valence-corrected chi connectivity index (χ4v) is 3.00. The van der Waals surface area contributed by atoms with Crippen LogP contribution in [-0.2, 0) is 13.5 Å². The van der Waals surface area contributed by atoms with E-state index in [9.17, 15) is 0 Å². The Balaban J connectivity index is 2.12. The SMILES string of the molecule is CCc1nn(C)c(N2CCC(C(C)C)CC2)c1N. The van der Waals surface area contributed by atoms with Crippen molar-refractivity contribution in [3.05, 3.63) is 5.69 Å². The quantitative estimate of drug-likeness (QED) is 0.896. The molecule has 1 fully saturated rings. The molecule has 1 saturated heterocycles. The maximum atomic E-state index is 6.21. The van der Waals surface area contributed by atoms with Crippen molar-refractivity contribution in [2.45, 2.75) is 40.0 Å². The summed E-state index contributed by atoms with van der Waals surface area (Å²) >= 11 is 0. The van der Waals surface area contributed by atoms with E-state index in [4.69, 9.17) is 5.73 Å². The Morgan fingerprint density at radius 1 is 1.33 bits per heavy atom. The average Bonchev–Trinajstić information content (AvgIpc) is 2.64. The standard InChI is InChI=1S/C14H26N4/c1-5-12-13(15)14(17(4)16-12)18-8-6-11(7-9-18)10(2)3/h10-11H,5-9,15H2,1-4H3. The first-order valence-electron chi connectivity index (χ1n) is 7.10. The summed E-state index contributed by atoms with van der Waals surface area (Å²) in [6, 6.07) is 0. The highest BCUT2D eigenvalue weighted by Gasteiger charge is 2.25. The highest BCUT2D eigenvalue weighted by Crippen LogP contribution is 2.32. The number of piperidine rings is 1. The summed E-state index contributed by atoms with van der Waals surface area (Å²) in [5, 5.41) is 4.51. The molecule has 18 heavy (non-hydrogen) atoms. The summed E-state index contributed by atoms with van der Waals surface area (Å²) in [6.45, 7) is 8.97. The average molecular weight is 250 g/mol. The Kier molecular flexibility index (Phi) is 3.83. The second-order valence-corrected chi connectivity index (χ2v) is 5.73. The first-order valence-corrected chi connectivity index (χ1v) is 7.10. The third kappa shape index (κ3) is 2.33. The fraction of sp³-hybridized carbons (Fsp3) is 0.786. The summed E-state index contributed by atoms with van der Waals surface area (Å²) < 4.78 is 1.95. The Labute approximate surface area is 110 Å². The van der Waals surface area contributed by atoms with Gasteiger partial charge in [0.1, 0.15) is 5.82 Å². The number of nitrogen functional groups attached to an aromatic ring is 1. The van der Waals surface area contributed by atoms with E-state index in [1.807, 2.05) is 11.7 Å². The molecule has 4 nitrogen and oxygen atoms in total. The molecule has 0 bridgehead atoms. The van der Waals surface area contributed by atoms with Crippen molar-refractivity contribution < 1.29 is 0 Å². The predicted molar refractivity (Wildman–Crippen MR) is 76.8 cm³/mol. The molecule has 0 saturated carbocycles. The third-order valence-corrected chi connectivity index (χ3v) is 4.25. The van der Waals surface area contributed by atoms with Crippen LogP contribution in [0.4, 0.5) is 11.5 Å². The summed E-state index contributed by atoms with van der Waals surface area (Å²) in [4.78, 5) is 2.40. The van der Waals surface area contributed by atoms with Gasteiger partial charge in [0.15, 0.2) is 0 Å². The first-order chi connectivity index (χ1) is 8.54. The molecule has 2 rings (SSSR count). The number of aromatic nitrogens is 2. The molecule has 0 unspecified atom stereocenters. The minimum atomic E-state index is 0.794. The van der Waals surface area contributed by atoms with Crippen LogP contribution in [0.2, 0.25) is 0 Å². The Hall–Kier alpha value is -1.19. The molecule has 0 amide bonds. The van der Waals surface area contributed by atoms with E-state index in [2.05, 4.69) is 30.8 Å². The Morgan fingerprint density at radius 3 is 2.39 bits per heavy atom. The topological polar surface area (TPSA) is 47.1 Å². The lowest BCUT2D eigenvalue weighted by atomic mass is 9.87. The van der Waals surface area contributed by atoms with Crippen LogP contribution in [0.5, 0.6) is 0 Å². The van der Waals surface area contributed by atoms with E-state index in [0.717, 1.165) is 48.5 Å². The van der Waals surface area contributed by atoms with Gasteiger partial charge in [-0.3, -0.25) is 4.68 Å². The van der Waals surface area contributed by atoms with Gasteiger partial charge in [-0.25, -0.2) is 0 Å². The molecule has 1 aromatic rings. The first kappa shape index (κ1) is 13.2. The van der Waals surface area contributed by atoms with Crippen LogP contribution >= 0.6 is 0 Å². The van der Waals surface area contributed by atoms with Gasteiger partial charge in [-0.05, 0) is 31.1 Å². The van der Waals surface area contributed by atoms with E-state index >= 15 is 0 Å². The number of rotatable bonds is 3. The molecule has 2 N–H and O–H groups in total. The van der Waals surface area contributed by atoms with Crippen LogP contribution in [0.25, 0.3) is 0 Å². The van der Waals surface area contributed by atoms with Crippen LogP contribution in [0, 0.1) is 11.8 Å². The predicted octanol–water partition coefficient (Wildman–Crippen LogP) is 2.44. The van der Waals surface area contributed by atoms with Gasteiger partial charge < -0.3 is 10.6 Å². The zero-order chi connectivity index (χ0) is 13.3. The Bertz CT molecular complexity index is 400. The summed E-state index contributed by atoms with van der Waals surface area (Å²) in [6.07, 6.45) is 3.44. The number of hydrogen-bond donors (Lipinski definition) is 1. The lowest BCUT2D eigenvalue weighted by Crippen LogP contribution is -2.36. The van der Waals surface area contributed by atoms with E-state index in [0.29, 0.717) is 0 Å². The second-order valence-electron chi connectivity index (χ2n) is 5.73. The van der Waals surface area contributed by atoms with E-state index in [1.54, 1.807) is 0 Å². The summed E-state index contributed by atoms with van der Waals surface area (Å²) in [5.74, 6) is 2.78. The number of aryl methyl sites for hydroxylation is 2. The molecule has 0 atom stereocenters. The van der Waals surface area contributed by atoms with Gasteiger partial charge in [0.05, 0.1) is 11.4 Å². The van der Waals surface area contributed by atoms with Crippen LogP contribution in [-0.4, -0.2) is 22.9 Å². The molecular formula is C14H26N4. The summed E-state index contributed by atoms with van der Waals surface area (Å²) in [7, 11) is 2.00. The lowest BCUT2D eigenvalue weighted by Gasteiger charge is -2.35. The zero-order valence-electron chi connectivity index (χ0n) is 12.1. The lowest BCUT2D eigenvalue weighted by molar-refractivity contribution is 0.310. The molecular weight excluding hydrogens is 224 g/mol. The van der Waals surface area contributed by atoms with Crippen LogP contribution in [0.3, 0.4) is 0 Å². The fourth-order valence-electron chi connectivity index (χ4n) is 3.00. The van der Waals surface area contributed by atoms with Crippen LogP contribution in [0.1, 0.15) is 39.3 Å². The number of anilines is 2. The molecule has 4 heteroatoms. The van der Waals surface area contributed by atoms with Crippen molar-refractivity contribution in [1.29, 1.82) is 0 Å². The van der Waals surface area contributed by atoms with Gasteiger partial charge >= 0.3 is 0 Å². The monoisotopic (exact) mass is 250 g/mol. The van der Waals surface area contributed by atoms with Crippen molar-refractivity contribution in [3.8, 4) is 0 Å².